The fourth-order valence-electron chi connectivity index (χ4n) is 1.47. The van der Waals surface area contributed by atoms with Crippen molar-refractivity contribution in [2.75, 3.05) is 6.17 Å². The molecule has 0 heterocycles. The predicted octanol–water partition coefficient (Wildman–Crippen LogP) is 2.26. The average Bonchev–Trinajstić information content (AvgIpc) is 1.78. The molecule has 0 unspecified atom stereocenters. The van der Waals surface area contributed by atoms with Crippen LogP contribution in [0.15, 0.2) is 0 Å². The maximum Gasteiger partial charge on any atom is 0.311 e. The zero-order valence-corrected chi connectivity index (χ0v) is 13.6. The van der Waals surface area contributed by atoms with E-state index in [9.17, 15) is 0 Å². The molecule has 0 fully saturated rings. The molecule has 0 aliphatic rings. The highest BCUT2D eigenvalue weighted by molar-refractivity contribution is 6.87. The molecule has 6 heteroatoms. The van der Waals surface area contributed by atoms with Gasteiger partial charge < -0.3 is 14.0 Å². The van der Waals surface area contributed by atoms with Crippen LogP contribution in [-0.2, 0) is 8.23 Å². The van der Waals surface area contributed by atoms with Crippen LogP contribution in [0.5, 0.6) is 0 Å². The van der Waals surface area contributed by atoms with Crippen molar-refractivity contribution < 1.29 is 8.23 Å². The van der Waals surface area contributed by atoms with Gasteiger partial charge in [-0.05, 0) is 45.8 Å². The van der Waals surface area contributed by atoms with Gasteiger partial charge in [-0.1, -0.05) is 0 Å². The quantitative estimate of drug-likeness (QED) is 0.762. The third-order valence-corrected chi connectivity index (χ3v) is 11.1. The summed E-state index contributed by atoms with van der Waals surface area (Å²) in [5, 5.41) is 0. The van der Waals surface area contributed by atoms with E-state index >= 15 is 0 Å². The minimum atomic E-state index is -1.95. The number of hydrogen-bond acceptors (Lipinski definition) is 3. The Morgan fingerprint density at radius 2 is 1.29 bits per heavy atom. The number of nitrogens with two attached hydrogens (primary N) is 1. The Morgan fingerprint density at radius 1 is 0.857 bits per heavy atom. The van der Waals surface area contributed by atoms with Gasteiger partial charge in [0.1, 0.15) is 0 Å². The van der Waals surface area contributed by atoms with Crippen molar-refractivity contribution in [3.8, 4) is 0 Å². The molecule has 0 bridgehead atoms. The minimum absolute atomic E-state index is 0.665. The summed E-state index contributed by atoms with van der Waals surface area (Å²) in [5.41, 5.74) is 5.69. The first-order valence-corrected chi connectivity index (χ1v) is 14.4. The average molecular weight is 252 g/mol. The van der Waals surface area contributed by atoms with Crippen molar-refractivity contribution in [1.29, 1.82) is 0 Å². The molecule has 0 radical (unpaired) electrons. The van der Waals surface area contributed by atoms with Crippen molar-refractivity contribution in [2.24, 2.45) is 5.73 Å². The van der Waals surface area contributed by atoms with Gasteiger partial charge in [0, 0.05) is 6.17 Å². The zero-order valence-electron chi connectivity index (χ0n) is 10.6. The second-order valence-corrected chi connectivity index (χ2v) is 18.3. The van der Waals surface area contributed by atoms with Gasteiger partial charge >= 0.3 is 8.56 Å². The van der Waals surface area contributed by atoms with Crippen molar-refractivity contribution >= 4 is 25.2 Å². The Morgan fingerprint density at radius 3 is 1.57 bits per heavy atom. The molecule has 0 spiro atoms. The molecule has 0 aromatic rings. The van der Waals surface area contributed by atoms with E-state index in [1.807, 2.05) is 0 Å². The molecule has 2 N–H and O–H groups in total. The molecule has 0 aromatic carbocycles. The molecule has 0 saturated heterocycles. The highest BCUT2D eigenvalue weighted by Crippen LogP contribution is 2.19. The van der Waals surface area contributed by atoms with Crippen LogP contribution in [-0.4, -0.2) is 31.4 Å². The monoisotopic (exact) mass is 251 g/mol. The summed E-state index contributed by atoms with van der Waals surface area (Å²) >= 11 is 0. The van der Waals surface area contributed by atoms with Gasteiger partial charge in [0.2, 0.25) is 0 Å². The molecular weight excluding hydrogens is 226 g/mol. The van der Waals surface area contributed by atoms with Crippen LogP contribution >= 0.6 is 0 Å². The molecule has 0 rings (SSSR count). The molecule has 0 aliphatic heterocycles. The highest BCUT2D eigenvalue weighted by Gasteiger charge is 2.37. The van der Waals surface area contributed by atoms with E-state index in [1.165, 1.54) is 0 Å². The molecule has 0 aromatic heterocycles. The molecular formula is C8H25NO2Si3. The van der Waals surface area contributed by atoms with E-state index in [4.69, 9.17) is 14.0 Å². The van der Waals surface area contributed by atoms with Gasteiger partial charge in [-0.3, -0.25) is 0 Å². The van der Waals surface area contributed by atoms with E-state index < -0.39 is 25.2 Å². The second-order valence-electron chi connectivity index (χ2n) is 5.68. The van der Waals surface area contributed by atoms with E-state index in [2.05, 4.69) is 45.8 Å². The van der Waals surface area contributed by atoms with Crippen LogP contribution in [0.3, 0.4) is 0 Å². The number of hydrogen-bond donors (Lipinski definition) is 1. The Labute approximate surface area is 91.5 Å². The first kappa shape index (κ1) is 14.5. The minimum Gasteiger partial charge on any atom is -0.437 e. The molecule has 14 heavy (non-hydrogen) atoms. The van der Waals surface area contributed by atoms with Crippen LogP contribution in [0.1, 0.15) is 0 Å². The lowest BCUT2D eigenvalue weighted by atomic mass is 11.5. The van der Waals surface area contributed by atoms with Crippen LogP contribution < -0.4 is 5.73 Å². The molecule has 86 valence electrons. The summed E-state index contributed by atoms with van der Waals surface area (Å²) in [4.78, 5) is 0. The highest BCUT2D eigenvalue weighted by atomic mass is 28.5. The molecule has 3 nitrogen and oxygen atoms in total. The lowest BCUT2D eigenvalue weighted by molar-refractivity contribution is 0.392. The van der Waals surface area contributed by atoms with Gasteiger partial charge in [0.25, 0.3) is 0 Å². The number of rotatable bonds is 5. The van der Waals surface area contributed by atoms with Crippen molar-refractivity contribution in [1.82, 2.24) is 0 Å². The van der Waals surface area contributed by atoms with Crippen molar-refractivity contribution in [3.05, 3.63) is 0 Å². The van der Waals surface area contributed by atoms with Gasteiger partial charge in [0.15, 0.2) is 16.6 Å². The zero-order chi connectivity index (χ0) is 11.6. The molecule has 0 saturated carbocycles. The van der Waals surface area contributed by atoms with E-state index in [0.717, 1.165) is 0 Å². The third kappa shape index (κ3) is 6.91. The lowest BCUT2D eigenvalue weighted by Crippen LogP contribution is -2.54. The SMILES string of the molecule is C[Si](C)(C)O[Si](C)(C)O[Si](C)(C)CN. The van der Waals surface area contributed by atoms with E-state index in [0.29, 0.717) is 6.17 Å². The van der Waals surface area contributed by atoms with Gasteiger partial charge in [-0.15, -0.1) is 0 Å². The lowest BCUT2D eigenvalue weighted by Gasteiger charge is -2.36. The summed E-state index contributed by atoms with van der Waals surface area (Å²) < 4.78 is 12.2. The van der Waals surface area contributed by atoms with Crippen LogP contribution in [0.2, 0.25) is 45.8 Å². The maximum absolute atomic E-state index is 6.12. The fourth-order valence-corrected chi connectivity index (χ4v) is 13.6. The Balaban J connectivity index is 4.35. The van der Waals surface area contributed by atoms with Crippen LogP contribution in [0.25, 0.3) is 0 Å². The van der Waals surface area contributed by atoms with Crippen LogP contribution in [0, 0.1) is 0 Å². The summed E-state index contributed by atoms with van der Waals surface area (Å²) in [6.07, 6.45) is 0.665. The fraction of sp³-hybridized carbons (Fsp3) is 1.00. The normalized spacial score (nSPS) is 14.6. The van der Waals surface area contributed by atoms with Crippen molar-refractivity contribution in [2.45, 2.75) is 45.8 Å². The summed E-state index contributed by atoms with van der Waals surface area (Å²) in [5.74, 6) is 0. The maximum atomic E-state index is 6.12. The predicted molar refractivity (Wildman–Crippen MR) is 69.5 cm³/mol. The van der Waals surface area contributed by atoms with E-state index in [1.54, 1.807) is 0 Å². The first-order valence-electron chi connectivity index (χ1n) is 5.08. The smallest absolute Gasteiger partial charge is 0.311 e. The third-order valence-electron chi connectivity index (χ3n) is 1.57. The Kier molecular flexibility index (Phi) is 4.76. The van der Waals surface area contributed by atoms with Gasteiger partial charge in [-0.25, -0.2) is 0 Å². The van der Waals surface area contributed by atoms with Gasteiger partial charge in [-0.2, -0.15) is 0 Å². The summed E-state index contributed by atoms with van der Waals surface area (Å²) in [6.45, 7) is 15.1. The Hall–Kier alpha value is 0.531. The summed E-state index contributed by atoms with van der Waals surface area (Å²) in [6, 6.07) is 0. The largest absolute Gasteiger partial charge is 0.437 e. The molecule has 0 aliphatic carbocycles. The summed E-state index contributed by atoms with van der Waals surface area (Å²) in [7, 11) is -5.11. The van der Waals surface area contributed by atoms with Gasteiger partial charge in [0.05, 0.1) is 0 Å². The molecule has 0 atom stereocenters. The Bertz CT molecular complexity index is 190. The van der Waals surface area contributed by atoms with Crippen LogP contribution in [0.4, 0.5) is 0 Å². The van der Waals surface area contributed by atoms with Crippen molar-refractivity contribution in [3.63, 3.8) is 0 Å². The topological polar surface area (TPSA) is 44.5 Å². The van der Waals surface area contributed by atoms with E-state index in [-0.39, 0.29) is 0 Å². The standard InChI is InChI=1S/C8H25NO2Si3/c1-12(2,3)10-14(6,7)11-13(4,5)8-9/h8-9H2,1-7H3. The second kappa shape index (κ2) is 4.58. The first-order chi connectivity index (χ1) is 5.97. The molecule has 0 amide bonds.